The number of urea groups is 1. The van der Waals surface area contributed by atoms with E-state index >= 15 is 0 Å². The van der Waals surface area contributed by atoms with E-state index in [0.717, 1.165) is 49.8 Å². The van der Waals surface area contributed by atoms with Crippen molar-refractivity contribution in [1.29, 1.82) is 0 Å². The van der Waals surface area contributed by atoms with Crippen LogP contribution in [0.15, 0.2) is 48.5 Å². The average Bonchev–Trinajstić information content (AvgIpc) is 3.53. The van der Waals surface area contributed by atoms with Crippen molar-refractivity contribution in [3.05, 3.63) is 59.7 Å². The minimum atomic E-state index is -4.80. The lowest BCUT2D eigenvalue weighted by Gasteiger charge is -2.47. The third-order valence-electron chi connectivity index (χ3n) is 6.94. The monoisotopic (exact) mass is 474 g/mol. The lowest BCUT2D eigenvalue weighted by molar-refractivity contribution is -0.274. The van der Waals surface area contributed by atoms with Crippen LogP contribution in [0.25, 0.3) is 0 Å². The fourth-order valence-corrected chi connectivity index (χ4v) is 5.53. The van der Waals surface area contributed by atoms with Crippen LogP contribution in [0.5, 0.6) is 5.75 Å². The van der Waals surface area contributed by atoms with Gasteiger partial charge in [-0.3, -0.25) is 10.2 Å². The molecule has 0 bridgehead atoms. The molecule has 180 valence electrons. The molecule has 3 unspecified atom stereocenters. The lowest BCUT2D eigenvalue weighted by Crippen LogP contribution is -2.55. The Bertz CT molecular complexity index is 1090. The Morgan fingerprint density at radius 1 is 1.03 bits per heavy atom. The molecular weight excluding hydrogens is 449 g/mol. The number of halogens is 3. The Hall–Kier alpha value is -3.27. The molecule has 2 saturated carbocycles. The summed E-state index contributed by atoms with van der Waals surface area (Å²) in [6.45, 7) is 0. The summed E-state index contributed by atoms with van der Waals surface area (Å²) in [7, 11) is 0. The Morgan fingerprint density at radius 3 is 2.38 bits per heavy atom. The fraction of sp³-hybridized carbons (Fsp3) is 0.417. The SMILES string of the molecule is NNC(=O)N(C1CC1)C1c2ccccc2N(C(=O)c2ccc(OC(F)(F)F)cc2)C2CCCC21. The molecule has 3 aliphatic rings. The molecule has 3 N–H and O–H groups in total. The summed E-state index contributed by atoms with van der Waals surface area (Å²) in [5, 5.41) is 0. The number of amides is 3. The number of hydrogen-bond donors (Lipinski definition) is 2. The molecule has 2 aromatic carbocycles. The smallest absolute Gasteiger partial charge is 0.406 e. The topological polar surface area (TPSA) is 87.9 Å². The van der Waals surface area contributed by atoms with Crippen LogP contribution in [-0.4, -0.2) is 35.3 Å². The third kappa shape index (κ3) is 4.06. The lowest BCUT2D eigenvalue weighted by atomic mass is 9.81. The number of hydrazine groups is 1. The zero-order chi connectivity index (χ0) is 24.0. The standard InChI is InChI=1S/C24H25F3N4O3/c25-24(26,27)34-16-12-8-14(9-13-16)22(32)31-19-6-2-1-4-17(19)21(18-5-3-7-20(18)31)30(15-10-11-15)23(33)29-28/h1-2,4,6,8-9,12-13,15,18,20-21H,3,5,7,10-11,28H2,(H,29,33). The van der Waals surface area contributed by atoms with Crippen LogP contribution < -0.4 is 20.9 Å². The number of hydrogen-bond acceptors (Lipinski definition) is 4. The van der Waals surface area contributed by atoms with E-state index in [1.54, 1.807) is 4.90 Å². The zero-order valence-corrected chi connectivity index (χ0v) is 18.3. The van der Waals surface area contributed by atoms with Gasteiger partial charge in [-0.2, -0.15) is 0 Å². The maximum absolute atomic E-state index is 13.7. The summed E-state index contributed by atoms with van der Waals surface area (Å²) in [5.74, 6) is 4.88. The van der Waals surface area contributed by atoms with E-state index in [2.05, 4.69) is 10.2 Å². The second-order valence-corrected chi connectivity index (χ2v) is 9.00. The van der Waals surface area contributed by atoms with Crippen molar-refractivity contribution in [1.82, 2.24) is 10.3 Å². The predicted octanol–water partition coefficient (Wildman–Crippen LogP) is 4.50. The molecule has 2 fully saturated rings. The minimum Gasteiger partial charge on any atom is -0.406 e. The summed E-state index contributed by atoms with van der Waals surface area (Å²) in [5.41, 5.74) is 4.16. The molecule has 5 rings (SSSR count). The molecule has 0 radical (unpaired) electrons. The Kier molecular flexibility index (Phi) is 5.63. The molecule has 2 aromatic rings. The molecule has 34 heavy (non-hydrogen) atoms. The van der Waals surface area contributed by atoms with E-state index in [4.69, 9.17) is 5.84 Å². The van der Waals surface area contributed by atoms with Crippen molar-refractivity contribution >= 4 is 17.6 Å². The number of alkyl halides is 3. The number of rotatable bonds is 4. The van der Waals surface area contributed by atoms with Gasteiger partial charge in [0.25, 0.3) is 5.91 Å². The van der Waals surface area contributed by atoms with Crippen LogP contribution >= 0.6 is 0 Å². The Balaban J connectivity index is 1.52. The van der Waals surface area contributed by atoms with Crippen molar-refractivity contribution in [2.45, 2.75) is 56.6 Å². The van der Waals surface area contributed by atoms with Gasteiger partial charge in [0.2, 0.25) is 0 Å². The predicted molar refractivity (Wildman–Crippen MR) is 118 cm³/mol. The summed E-state index contributed by atoms with van der Waals surface area (Å²) in [6, 6.07) is 12.0. The van der Waals surface area contributed by atoms with Gasteiger partial charge in [-0.25, -0.2) is 10.6 Å². The van der Waals surface area contributed by atoms with Gasteiger partial charge in [0, 0.05) is 29.3 Å². The van der Waals surface area contributed by atoms with E-state index in [1.807, 2.05) is 29.2 Å². The van der Waals surface area contributed by atoms with Crippen LogP contribution in [-0.2, 0) is 0 Å². The highest BCUT2D eigenvalue weighted by atomic mass is 19.4. The number of nitrogens with one attached hydrogen (secondary N) is 1. The summed E-state index contributed by atoms with van der Waals surface area (Å²) >= 11 is 0. The van der Waals surface area contributed by atoms with Gasteiger partial charge in [-0.1, -0.05) is 24.6 Å². The molecule has 0 saturated heterocycles. The number of nitrogens with two attached hydrogens (primary N) is 1. The summed E-state index contributed by atoms with van der Waals surface area (Å²) in [6.07, 6.45) is -0.430. The second kappa shape index (κ2) is 8.50. The highest BCUT2D eigenvalue weighted by Crippen LogP contribution is 2.52. The van der Waals surface area contributed by atoms with Gasteiger partial charge in [-0.05, 0) is 61.6 Å². The molecule has 0 aromatic heterocycles. The van der Waals surface area contributed by atoms with E-state index in [1.165, 1.54) is 12.1 Å². The molecule has 3 atom stereocenters. The average molecular weight is 474 g/mol. The van der Waals surface area contributed by atoms with Gasteiger partial charge in [0.1, 0.15) is 5.75 Å². The largest absolute Gasteiger partial charge is 0.573 e. The van der Waals surface area contributed by atoms with E-state index in [-0.39, 0.29) is 47.3 Å². The third-order valence-corrected chi connectivity index (χ3v) is 6.94. The molecule has 3 amide bonds. The summed E-state index contributed by atoms with van der Waals surface area (Å²) < 4.78 is 41.5. The molecule has 10 heteroatoms. The number of benzene rings is 2. The number of carbonyl (C=O) groups excluding carboxylic acids is 2. The highest BCUT2D eigenvalue weighted by Gasteiger charge is 2.51. The first kappa shape index (κ1) is 22.5. The van der Waals surface area contributed by atoms with Crippen LogP contribution in [0.3, 0.4) is 0 Å². The molecule has 1 aliphatic heterocycles. The number of carbonyl (C=O) groups is 2. The van der Waals surface area contributed by atoms with Gasteiger partial charge >= 0.3 is 12.4 Å². The van der Waals surface area contributed by atoms with Gasteiger partial charge in [-0.15, -0.1) is 13.2 Å². The first-order chi connectivity index (χ1) is 16.3. The number of ether oxygens (including phenoxy) is 1. The van der Waals surface area contributed by atoms with E-state index in [0.29, 0.717) is 5.69 Å². The van der Waals surface area contributed by atoms with E-state index in [9.17, 15) is 22.8 Å². The van der Waals surface area contributed by atoms with Gasteiger partial charge in [0.15, 0.2) is 0 Å². The van der Waals surface area contributed by atoms with Crippen molar-refractivity contribution in [3.8, 4) is 5.75 Å². The van der Waals surface area contributed by atoms with Crippen molar-refractivity contribution in [2.24, 2.45) is 11.8 Å². The van der Waals surface area contributed by atoms with Crippen molar-refractivity contribution in [3.63, 3.8) is 0 Å². The quantitative estimate of drug-likeness (QED) is 0.388. The maximum Gasteiger partial charge on any atom is 0.573 e. The Labute approximate surface area is 194 Å². The highest BCUT2D eigenvalue weighted by molar-refractivity contribution is 6.07. The zero-order valence-electron chi connectivity index (χ0n) is 18.3. The summed E-state index contributed by atoms with van der Waals surface area (Å²) in [4.78, 5) is 30.0. The number of para-hydroxylation sites is 1. The normalized spacial score (nSPS) is 23.6. The van der Waals surface area contributed by atoms with Gasteiger partial charge < -0.3 is 14.5 Å². The number of fused-ring (bicyclic) bond motifs is 2. The van der Waals surface area contributed by atoms with Crippen LogP contribution in [0.2, 0.25) is 0 Å². The Morgan fingerprint density at radius 2 is 1.74 bits per heavy atom. The van der Waals surface area contributed by atoms with Crippen molar-refractivity contribution < 1.29 is 27.5 Å². The fourth-order valence-electron chi connectivity index (χ4n) is 5.53. The molecule has 2 aliphatic carbocycles. The molecule has 1 heterocycles. The second-order valence-electron chi connectivity index (χ2n) is 9.00. The molecule has 0 spiro atoms. The van der Waals surface area contributed by atoms with Gasteiger partial charge in [0.05, 0.1) is 6.04 Å². The van der Waals surface area contributed by atoms with E-state index < -0.39 is 6.36 Å². The first-order valence-electron chi connectivity index (χ1n) is 11.4. The first-order valence-corrected chi connectivity index (χ1v) is 11.4. The minimum absolute atomic E-state index is 0.0320. The van der Waals surface area contributed by atoms with Crippen LogP contribution in [0, 0.1) is 5.92 Å². The number of anilines is 1. The molecule has 7 nitrogen and oxygen atoms in total. The number of nitrogens with zero attached hydrogens (tertiary/aromatic N) is 2. The van der Waals surface area contributed by atoms with Crippen LogP contribution in [0.1, 0.15) is 54.1 Å². The molecular formula is C24H25F3N4O3. The van der Waals surface area contributed by atoms with Crippen LogP contribution in [0.4, 0.5) is 23.7 Å². The maximum atomic E-state index is 13.7. The van der Waals surface area contributed by atoms with Crippen molar-refractivity contribution in [2.75, 3.05) is 4.90 Å².